The summed E-state index contributed by atoms with van der Waals surface area (Å²) in [5, 5.41) is 6.58. The molecule has 1 aromatic carbocycles. The molecular formula is C14H18N2S. The van der Waals surface area contributed by atoms with E-state index in [1.54, 1.807) is 11.3 Å². The first-order valence-corrected chi connectivity index (χ1v) is 6.65. The van der Waals surface area contributed by atoms with E-state index in [4.69, 9.17) is 0 Å². The van der Waals surface area contributed by atoms with Gasteiger partial charge in [0.05, 0.1) is 6.04 Å². The highest BCUT2D eigenvalue weighted by molar-refractivity contribution is 7.09. The van der Waals surface area contributed by atoms with Crippen LogP contribution < -0.4 is 5.32 Å². The molecule has 1 unspecified atom stereocenters. The summed E-state index contributed by atoms with van der Waals surface area (Å²) in [4.78, 5) is 4.57. The molecule has 0 fully saturated rings. The fraction of sp³-hybridized carbons (Fsp3) is 0.357. The summed E-state index contributed by atoms with van der Waals surface area (Å²) in [6, 6.07) is 6.85. The van der Waals surface area contributed by atoms with Gasteiger partial charge in [0.25, 0.3) is 0 Å². The SMILES string of the molecule is CNC(c1cc(C)cc(C)c1)c1nc(C)cs1. The maximum Gasteiger partial charge on any atom is 0.114 e. The Balaban J connectivity index is 2.41. The van der Waals surface area contributed by atoms with E-state index in [0.717, 1.165) is 10.7 Å². The number of nitrogens with one attached hydrogen (secondary N) is 1. The van der Waals surface area contributed by atoms with Crippen molar-refractivity contribution in [3.63, 3.8) is 0 Å². The summed E-state index contributed by atoms with van der Waals surface area (Å²) in [5.41, 5.74) is 4.98. The van der Waals surface area contributed by atoms with Crippen LogP contribution in [0, 0.1) is 20.8 Å². The Morgan fingerprint density at radius 3 is 2.24 bits per heavy atom. The van der Waals surface area contributed by atoms with Crippen LogP contribution in [0.1, 0.15) is 33.4 Å². The fourth-order valence-corrected chi connectivity index (χ4v) is 3.04. The number of benzene rings is 1. The Kier molecular flexibility index (Phi) is 3.60. The van der Waals surface area contributed by atoms with Crippen molar-refractivity contribution in [2.45, 2.75) is 26.8 Å². The predicted octanol–water partition coefficient (Wildman–Crippen LogP) is 3.38. The number of nitrogens with zero attached hydrogens (tertiary/aromatic N) is 1. The lowest BCUT2D eigenvalue weighted by Gasteiger charge is -2.15. The van der Waals surface area contributed by atoms with Crippen molar-refractivity contribution < 1.29 is 0 Å². The molecule has 1 atom stereocenters. The standard InChI is InChI=1S/C14H18N2S/c1-9-5-10(2)7-12(6-9)13(15-4)14-16-11(3)8-17-14/h5-8,13,15H,1-4H3. The Morgan fingerprint density at radius 1 is 1.12 bits per heavy atom. The average molecular weight is 246 g/mol. The molecule has 2 rings (SSSR count). The lowest BCUT2D eigenvalue weighted by Crippen LogP contribution is -2.17. The minimum atomic E-state index is 0.201. The number of rotatable bonds is 3. The van der Waals surface area contributed by atoms with Crippen molar-refractivity contribution in [1.29, 1.82) is 0 Å². The molecule has 0 amide bonds. The van der Waals surface area contributed by atoms with Gasteiger partial charge >= 0.3 is 0 Å². The van der Waals surface area contributed by atoms with E-state index in [1.165, 1.54) is 16.7 Å². The number of thiazole rings is 1. The van der Waals surface area contributed by atoms with Crippen LogP contribution >= 0.6 is 11.3 Å². The van der Waals surface area contributed by atoms with Gasteiger partial charge in [-0.1, -0.05) is 29.3 Å². The quantitative estimate of drug-likeness (QED) is 0.898. The second-order valence-corrected chi connectivity index (χ2v) is 5.36. The van der Waals surface area contributed by atoms with Crippen molar-refractivity contribution in [3.8, 4) is 0 Å². The van der Waals surface area contributed by atoms with E-state index in [-0.39, 0.29) is 6.04 Å². The minimum absolute atomic E-state index is 0.201. The van der Waals surface area contributed by atoms with Crippen LogP contribution in [0.5, 0.6) is 0 Å². The van der Waals surface area contributed by atoms with E-state index < -0.39 is 0 Å². The van der Waals surface area contributed by atoms with Crippen molar-refractivity contribution >= 4 is 11.3 Å². The zero-order chi connectivity index (χ0) is 12.4. The Labute approximate surface area is 107 Å². The zero-order valence-electron chi connectivity index (χ0n) is 10.7. The van der Waals surface area contributed by atoms with E-state index in [2.05, 4.69) is 47.7 Å². The van der Waals surface area contributed by atoms with Gasteiger partial charge in [0.15, 0.2) is 0 Å². The molecule has 0 bridgehead atoms. The topological polar surface area (TPSA) is 24.9 Å². The van der Waals surface area contributed by atoms with Crippen molar-refractivity contribution in [2.24, 2.45) is 0 Å². The molecule has 90 valence electrons. The maximum atomic E-state index is 4.57. The van der Waals surface area contributed by atoms with Gasteiger partial charge in [-0.2, -0.15) is 0 Å². The number of aromatic nitrogens is 1. The zero-order valence-corrected chi connectivity index (χ0v) is 11.6. The third-order valence-corrected chi connectivity index (χ3v) is 3.78. The molecule has 0 aliphatic rings. The molecule has 17 heavy (non-hydrogen) atoms. The van der Waals surface area contributed by atoms with Crippen molar-refractivity contribution in [1.82, 2.24) is 10.3 Å². The molecule has 1 aromatic heterocycles. The van der Waals surface area contributed by atoms with Gasteiger partial charge in [-0.05, 0) is 33.4 Å². The molecule has 1 heterocycles. The van der Waals surface area contributed by atoms with Crippen LogP contribution in [0.25, 0.3) is 0 Å². The van der Waals surface area contributed by atoms with E-state index in [1.807, 2.05) is 14.0 Å². The molecule has 0 saturated heterocycles. The third-order valence-electron chi connectivity index (χ3n) is 2.75. The van der Waals surface area contributed by atoms with E-state index in [0.29, 0.717) is 0 Å². The largest absolute Gasteiger partial charge is 0.307 e. The first-order valence-electron chi connectivity index (χ1n) is 5.77. The van der Waals surface area contributed by atoms with E-state index in [9.17, 15) is 0 Å². The Morgan fingerprint density at radius 2 is 1.76 bits per heavy atom. The first-order chi connectivity index (χ1) is 8.10. The molecule has 0 saturated carbocycles. The molecule has 2 aromatic rings. The van der Waals surface area contributed by atoms with Crippen LogP contribution in [-0.4, -0.2) is 12.0 Å². The van der Waals surface area contributed by atoms with Crippen LogP contribution in [-0.2, 0) is 0 Å². The lowest BCUT2D eigenvalue weighted by molar-refractivity contribution is 0.684. The monoisotopic (exact) mass is 246 g/mol. The second kappa shape index (κ2) is 4.98. The van der Waals surface area contributed by atoms with Gasteiger partial charge in [-0.15, -0.1) is 11.3 Å². The molecule has 3 heteroatoms. The maximum absolute atomic E-state index is 4.57. The summed E-state index contributed by atoms with van der Waals surface area (Å²) in [5.74, 6) is 0. The van der Waals surface area contributed by atoms with Crippen LogP contribution in [0.2, 0.25) is 0 Å². The van der Waals surface area contributed by atoms with Crippen LogP contribution in [0.3, 0.4) is 0 Å². The van der Waals surface area contributed by atoms with Gasteiger partial charge in [0, 0.05) is 11.1 Å². The highest BCUT2D eigenvalue weighted by Crippen LogP contribution is 2.26. The summed E-state index contributed by atoms with van der Waals surface area (Å²) in [7, 11) is 1.99. The highest BCUT2D eigenvalue weighted by Gasteiger charge is 2.15. The van der Waals surface area contributed by atoms with E-state index >= 15 is 0 Å². The smallest absolute Gasteiger partial charge is 0.114 e. The van der Waals surface area contributed by atoms with Crippen molar-refractivity contribution in [2.75, 3.05) is 7.05 Å². The van der Waals surface area contributed by atoms with Gasteiger partial charge in [-0.25, -0.2) is 4.98 Å². The molecule has 2 nitrogen and oxygen atoms in total. The normalized spacial score (nSPS) is 12.7. The van der Waals surface area contributed by atoms with Crippen molar-refractivity contribution in [3.05, 3.63) is 51.0 Å². The number of hydrogen-bond acceptors (Lipinski definition) is 3. The predicted molar refractivity (Wildman–Crippen MR) is 73.7 cm³/mol. The lowest BCUT2D eigenvalue weighted by atomic mass is 10.0. The highest BCUT2D eigenvalue weighted by atomic mass is 32.1. The molecule has 0 aliphatic heterocycles. The summed E-state index contributed by atoms with van der Waals surface area (Å²) in [6.45, 7) is 6.31. The van der Waals surface area contributed by atoms with Crippen LogP contribution in [0.4, 0.5) is 0 Å². The summed E-state index contributed by atoms with van der Waals surface area (Å²) < 4.78 is 0. The minimum Gasteiger partial charge on any atom is -0.307 e. The third kappa shape index (κ3) is 2.73. The molecule has 1 N–H and O–H groups in total. The number of aryl methyl sites for hydroxylation is 3. The second-order valence-electron chi connectivity index (χ2n) is 4.47. The molecule has 0 aliphatic carbocycles. The van der Waals surface area contributed by atoms with Crippen LogP contribution in [0.15, 0.2) is 23.6 Å². The van der Waals surface area contributed by atoms with Gasteiger partial charge in [0.2, 0.25) is 0 Å². The number of hydrogen-bond donors (Lipinski definition) is 1. The Bertz CT molecular complexity index is 496. The first kappa shape index (κ1) is 12.3. The van der Waals surface area contributed by atoms with Gasteiger partial charge in [-0.3, -0.25) is 0 Å². The average Bonchev–Trinajstić information content (AvgIpc) is 2.64. The molecule has 0 spiro atoms. The van der Waals surface area contributed by atoms with Gasteiger partial charge < -0.3 is 5.32 Å². The van der Waals surface area contributed by atoms with Gasteiger partial charge in [0.1, 0.15) is 5.01 Å². The fourth-order valence-electron chi connectivity index (χ4n) is 2.11. The molecule has 0 radical (unpaired) electrons. The Hall–Kier alpha value is -1.19. The summed E-state index contributed by atoms with van der Waals surface area (Å²) in [6.07, 6.45) is 0. The summed E-state index contributed by atoms with van der Waals surface area (Å²) >= 11 is 1.72. The molecular weight excluding hydrogens is 228 g/mol.